The van der Waals surface area contributed by atoms with Crippen molar-refractivity contribution < 1.29 is 19.1 Å². The fourth-order valence-electron chi connectivity index (χ4n) is 1.59. The van der Waals surface area contributed by atoms with E-state index in [2.05, 4.69) is 6.92 Å². The van der Waals surface area contributed by atoms with Crippen molar-refractivity contribution >= 4 is 13.4 Å². The number of Topliss-reactive ketones (excluding diaryl/α,β-unsaturated/α-hetero) is 1. The molecule has 0 aromatic heterocycles. The highest BCUT2D eigenvalue weighted by atomic mass is 31.2. The van der Waals surface area contributed by atoms with Gasteiger partial charge in [-0.2, -0.15) is 0 Å². The van der Waals surface area contributed by atoms with E-state index < -0.39 is 13.8 Å². The van der Waals surface area contributed by atoms with Crippen LogP contribution in [0.15, 0.2) is 0 Å². The van der Waals surface area contributed by atoms with Crippen LogP contribution in [0.1, 0.15) is 58.3 Å². The summed E-state index contributed by atoms with van der Waals surface area (Å²) in [6.07, 6.45) is 7.48. The lowest BCUT2D eigenvalue weighted by Crippen LogP contribution is -2.04. The SMILES string of the molecule is CCCCCCCCCC(=O)CP(=O)(O)O. The Labute approximate surface area is 97.6 Å². The zero-order chi connectivity index (χ0) is 12.4. The summed E-state index contributed by atoms with van der Waals surface area (Å²) < 4.78 is 10.5. The summed E-state index contributed by atoms with van der Waals surface area (Å²) in [5, 5.41) is 0. The molecule has 0 saturated heterocycles. The number of carbonyl (C=O) groups excluding carboxylic acids is 1. The normalized spacial score (nSPS) is 11.7. The van der Waals surface area contributed by atoms with Gasteiger partial charge in [0.1, 0.15) is 11.9 Å². The molecule has 0 fully saturated rings. The molecule has 0 aromatic rings. The Bertz CT molecular complexity index is 234. The van der Waals surface area contributed by atoms with Crippen LogP contribution >= 0.6 is 7.60 Å². The van der Waals surface area contributed by atoms with Crippen molar-refractivity contribution in [1.82, 2.24) is 0 Å². The predicted molar refractivity (Wildman–Crippen MR) is 64.5 cm³/mol. The third kappa shape index (κ3) is 11.9. The highest BCUT2D eigenvalue weighted by Gasteiger charge is 2.17. The van der Waals surface area contributed by atoms with Gasteiger partial charge in [0, 0.05) is 6.42 Å². The Morgan fingerprint density at radius 2 is 1.50 bits per heavy atom. The summed E-state index contributed by atoms with van der Waals surface area (Å²) in [4.78, 5) is 28.3. The molecule has 0 radical (unpaired) electrons. The van der Waals surface area contributed by atoms with Crippen LogP contribution in [0.2, 0.25) is 0 Å². The summed E-state index contributed by atoms with van der Waals surface area (Å²) in [6, 6.07) is 0. The lowest BCUT2D eigenvalue weighted by atomic mass is 10.1. The first-order chi connectivity index (χ1) is 7.45. The van der Waals surface area contributed by atoms with Gasteiger partial charge in [-0.05, 0) is 6.42 Å². The molecular weight excluding hydrogens is 227 g/mol. The second kappa shape index (κ2) is 8.91. The minimum absolute atomic E-state index is 0.304. The van der Waals surface area contributed by atoms with Crippen molar-refractivity contribution in [1.29, 1.82) is 0 Å². The van der Waals surface area contributed by atoms with Crippen LogP contribution in [-0.4, -0.2) is 21.7 Å². The molecule has 0 aromatic carbocycles. The maximum absolute atomic E-state index is 11.1. The molecule has 0 heterocycles. The molecule has 0 aliphatic carbocycles. The first kappa shape index (κ1) is 15.8. The standard InChI is InChI=1S/C11H23O4P/c1-2-3-4-5-6-7-8-9-11(12)10-16(13,14)15/h2-10H2,1H3,(H2,13,14,15). The van der Waals surface area contributed by atoms with E-state index in [1.807, 2.05) is 0 Å². The van der Waals surface area contributed by atoms with E-state index in [0.717, 1.165) is 19.3 Å². The molecule has 96 valence electrons. The minimum atomic E-state index is -4.14. The van der Waals surface area contributed by atoms with Gasteiger partial charge < -0.3 is 9.79 Å². The van der Waals surface area contributed by atoms with E-state index in [1.54, 1.807) is 0 Å². The Morgan fingerprint density at radius 3 is 2.00 bits per heavy atom. The second-order valence-electron chi connectivity index (χ2n) is 4.23. The van der Waals surface area contributed by atoms with Gasteiger partial charge in [0.25, 0.3) is 0 Å². The van der Waals surface area contributed by atoms with Crippen LogP contribution in [0.5, 0.6) is 0 Å². The smallest absolute Gasteiger partial charge is 0.324 e. The molecule has 0 atom stereocenters. The van der Waals surface area contributed by atoms with E-state index in [9.17, 15) is 9.36 Å². The zero-order valence-corrected chi connectivity index (χ0v) is 10.9. The van der Waals surface area contributed by atoms with E-state index in [0.29, 0.717) is 6.42 Å². The maximum atomic E-state index is 11.1. The number of hydrogen-bond acceptors (Lipinski definition) is 2. The number of unbranched alkanes of at least 4 members (excludes halogenated alkanes) is 6. The van der Waals surface area contributed by atoms with Gasteiger partial charge in [0.2, 0.25) is 0 Å². The van der Waals surface area contributed by atoms with Crippen molar-refractivity contribution in [2.45, 2.75) is 58.3 Å². The Kier molecular flexibility index (Phi) is 8.81. The van der Waals surface area contributed by atoms with Crippen LogP contribution in [0.4, 0.5) is 0 Å². The molecule has 5 heteroatoms. The first-order valence-electron chi connectivity index (χ1n) is 6.02. The lowest BCUT2D eigenvalue weighted by Gasteiger charge is -2.03. The third-order valence-corrected chi connectivity index (χ3v) is 3.21. The van der Waals surface area contributed by atoms with E-state index in [4.69, 9.17) is 9.79 Å². The first-order valence-corrected chi connectivity index (χ1v) is 7.81. The van der Waals surface area contributed by atoms with E-state index >= 15 is 0 Å². The Hall–Kier alpha value is -0.180. The molecule has 0 saturated carbocycles. The van der Waals surface area contributed by atoms with Crippen LogP contribution in [0.25, 0.3) is 0 Å². The topological polar surface area (TPSA) is 74.6 Å². The molecule has 0 unspecified atom stereocenters. The largest absolute Gasteiger partial charge is 0.332 e. The molecule has 0 amide bonds. The molecule has 0 spiro atoms. The maximum Gasteiger partial charge on any atom is 0.332 e. The monoisotopic (exact) mass is 250 g/mol. The average Bonchev–Trinajstić information content (AvgIpc) is 2.13. The number of hydrogen-bond donors (Lipinski definition) is 2. The van der Waals surface area contributed by atoms with Gasteiger partial charge in [-0.3, -0.25) is 9.36 Å². The third-order valence-electron chi connectivity index (χ3n) is 2.44. The fraction of sp³-hybridized carbons (Fsp3) is 0.909. The quantitative estimate of drug-likeness (QED) is 0.462. The summed E-state index contributed by atoms with van der Waals surface area (Å²) in [7, 11) is -4.14. The zero-order valence-electron chi connectivity index (χ0n) is 10.0. The minimum Gasteiger partial charge on any atom is -0.324 e. The molecular formula is C11H23O4P. The van der Waals surface area contributed by atoms with Crippen molar-refractivity contribution in [2.24, 2.45) is 0 Å². The van der Waals surface area contributed by atoms with Gasteiger partial charge in [-0.1, -0.05) is 45.4 Å². The van der Waals surface area contributed by atoms with Crippen LogP contribution in [0, 0.1) is 0 Å². The van der Waals surface area contributed by atoms with E-state index in [-0.39, 0.29) is 5.78 Å². The summed E-state index contributed by atoms with van der Waals surface area (Å²) >= 11 is 0. The number of carbonyl (C=O) groups is 1. The highest BCUT2D eigenvalue weighted by molar-refractivity contribution is 7.52. The molecule has 0 rings (SSSR count). The van der Waals surface area contributed by atoms with Gasteiger partial charge in [0.15, 0.2) is 0 Å². The van der Waals surface area contributed by atoms with Crippen LogP contribution in [0.3, 0.4) is 0 Å². The van der Waals surface area contributed by atoms with Crippen molar-refractivity contribution in [2.75, 3.05) is 6.16 Å². The molecule has 0 aliphatic heterocycles. The second-order valence-corrected chi connectivity index (χ2v) is 5.88. The average molecular weight is 250 g/mol. The van der Waals surface area contributed by atoms with Crippen LogP contribution < -0.4 is 0 Å². The Balaban J connectivity index is 3.32. The summed E-state index contributed by atoms with van der Waals surface area (Å²) in [6.45, 7) is 2.17. The Morgan fingerprint density at radius 1 is 1.00 bits per heavy atom. The summed E-state index contributed by atoms with van der Waals surface area (Å²) in [5.41, 5.74) is 0. The summed E-state index contributed by atoms with van der Waals surface area (Å²) in [5.74, 6) is -0.318. The highest BCUT2D eigenvalue weighted by Crippen LogP contribution is 2.34. The number of rotatable bonds is 10. The van der Waals surface area contributed by atoms with Crippen molar-refractivity contribution in [3.05, 3.63) is 0 Å². The van der Waals surface area contributed by atoms with Crippen molar-refractivity contribution in [3.8, 4) is 0 Å². The van der Waals surface area contributed by atoms with Gasteiger partial charge in [-0.15, -0.1) is 0 Å². The predicted octanol–water partition coefficient (Wildman–Crippen LogP) is 2.87. The van der Waals surface area contributed by atoms with Crippen molar-refractivity contribution in [3.63, 3.8) is 0 Å². The van der Waals surface area contributed by atoms with Gasteiger partial charge in [-0.25, -0.2) is 0 Å². The number of ketones is 1. The van der Waals surface area contributed by atoms with Crippen LogP contribution in [-0.2, 0) is 9.36 Å². The van der Waals surface area contributed by atoms with Gasteiger partial charge in [0.05, 0.1) is 0 Å². The lowest BCUT2D eigenvalue weighted by molar-refractivity contribution is -0.117. The molecule has 0 aliphatic rings. The molecule has 16 heavy (non-hydrogen) atoms. The van der Waals surface area contributed by atoms with Gasteiger partial charge >= 0.3 is 7.60 Å². The fourth-order valence-corrected chi connectivity index (χ4v) is 2.21. The molecule has 0 bridgehead atoms. The molecule has 4 nitrogen and oxygen atoms in total. The molecule has 2 N–H and O–H groups in total. The van der Waals surface area contributed by atoms with E-state index in [1.165, 1.54) is 25.7 Å².